The molecule has 2 aliphatic heterocycles. The molecule has 2 rings (SSSR count). The van der Waals surface area contributed by atoms with Crippen LogP contribution >= 0.6 is 0 Å². The van der Waals surface area contributed by atoms with Crippen LogP contribution in [0.4, 0.5) is 0 Å². The number of hydrogen-bond acceptors (Lipinski definition) is 3. The summed E-state index contributed by atoms with van der Waals surface area (Å²) in [4.78, 5) is 0. The van der Waals surface area contributed by atoms with Gasteiger partial charge in [0.1, 0.15) is 6.10 Å². The van der Waals surface area contributed by atoms with Gasteiger partial charge in [-0.25, -0.2) is 0 Å². The largest absolute Gasteiger partial charge is 0.373 e. The smallest absolute Gasteiger partial charge is 0.158 e. The Kier molecular flexibility index (Phi) is 5.49. The molecule has 0 unspecified atom stereocenters. The maximum Gasteiger partial charge on any atom is 0.158 e. The molecular formula is C14H24O3. The van der Waals surface area contributed by atoms with Crippen LogP contribution in [-0.4, -0.2) is 31.7 Å². The second-order valence-corrected chi connectivity index (χ2v) is 4.92. The first kappa shape index (κ1) is 13.1. The zero-order valence-corrected chi connectivity index (χ0v) is 10.6. The summed E-state index contributed by atoms with van der Waals surface area (Å²) >= 11 is 0. The fraction of sp³-hybridized carbons (Fsp3) is 0.857. The molecule has 3 atom stereocenters. The van der Waals surface area contributed by atoms with Gasteiger partial charge in [-0.15, -0.1) is 6.58 Å². The Morgan fingerprint density at radius 3 is 2.94 bits per heavy atom. The first-order valence-electron chi connectivity index (χ1n) is 6.89. The van der Waals surface area contributed by atoms with E-state index in [1.54, 1.807) is 0 Å². The van der Waals surface area contributed by atoms with Crippen LogP contribution in [0.2, 0.25) is 0 Å². The van der Waals surface area contributed by atoms with Gasteiger partial charge in [0, 0.05) is 6.61 Å². The molecule has 0 spiro atoms. The molecule has 0 amide bonds. The number of allylic oxidation sites excluding steroid dienone is 1. The van der Waals surface area contributed by atoms with Crippen molar-refractivity contribution in [3.63, 3.8) is 0 Å². The van der Waals surface area contributed by atoms with Crippen LogP contribution in [0.25, 0.3) is 0 Å². The molecule has 3 heteroatoms. The lowest BCUT2D eigenvalue weighted by atomic mass is 10.0. The zero-order valence-electron chi connectivity index (χ0n) is 10.6. The summed E-state index contributed by atoms with van der Waals surface area (Å²) in [5, 5.41) is 0. The quantitative estimate of drug-likeness (QED) is 0.527. The summed E-state index contributed by atoms with van der Waals surface area (Å²) in [6.07, 6.45) is 10.5. The van der Waals surface area contributed by atoms with Gasteiger partial charge in [-0.2, -0.15) is 0 Å². The number of unbranched alkanes of at least 4 members (excludes halogenated alkanes) is 3. The van der Waals surface area contributed by atoms with Crippen molar-refractivity contribution >= 4 is 0 Å². The van der Waals surface area contributed by atoms with E-state index in [-0.39, 0.29) is 18.5 Å². The van der Waals surface area contributed by atoms with Crippen LogP contribution in [0.1, 0.15) is 44.9 Å². The summed E-state index contributed by atoms with van der Waals surface area (Å²) in [5.41, 5.74) is 0. The SMILES string of the molecule is C=CCCCCC[C@@H]1OC[C@H]2OCCC[C@@H]2O1. The molecule has 0 N–H and O–H groups in total. The molecule has 0 aromatic carbocycles. The van der Waals surface area contributed by atoms with E-state index in [9.17, 15) is 0 Å². The van der Waals surface area contributed by atoms with Crippen molar-refractivity contribution in [3.8, 4) is 0 Å². The monoisotopic (exact) mass is 240 g/mol. The Bertz CT molecular complexity index is 230. The molecule has 0 aliphatic carbocycles. The summed E-state index contributed by atoms with van der Waals surface area (Å²) < 4.78 is 17.2. The number of rotatable bonds is 6. The van der Waals surface area contributed by atoms with Crippen LogP contribution in [0, 0.1) is 0 Å². The second-order valence-electron chi connectivity index (χ2n) is 4.92. The molecular weight excluding hydrogens is 216 g/mol. The Morgan fingerprint density at radius 2 is 2.06 bits per heavy atom. The first-order chi connectivity index (χ1) is 8.40. The Morgan fingerprint density at radius 1 is 1.12 bits per heavy atom. The number of ether oxygens (including phenoxy) is 3. The average Bonchev–Trinajstić information content (AvgIpc) is 2.38. The molecule has 17 heavy (non-hydrogen) atoms. The molecule has 0 aromatic heterocycles. The van der Waals surface area contributed by atoms with Gasteiger partial charge in [0.05, 0.1) is 12.7 Å². The van der Waals surface area contributed by atoms with Crippen LogP contribution in [0.15, 0.2) is 12.7 Å². The Hall–Kier alpha value is -0.380. The van der Waals surface area contributed by atoms with Gasteiger partial charge in [-0.05, 0) is 38.5 Å². The third kappa shape index (κ3) is 4.09. The highest BCUT2D eigenvalue weighted by atomic mass is 16.7. The minimum atomic E-state index is 0.00156. The van der Waals surface area contributed by atoms with Crippen molar-refractivity contribution in [2.75, 3.05) is 13.2 Å². The third-order valence-corrected chi connectivity index (χ3v) is 3.50. The van der Waals surface area contributed by atoms with Crippen molar-refractivity contribution in [1.29, 1.82) is 0 Å². The lowest BCUT2D eigenvalue weighted by Crippen LogP contribution is -2.47. The second kappa shape index (κ2) is 7.14. The molecule has 0 bridgehead atoms. The van der Waals surface area contributed by atoms with Gasteiger partial charge >= 0.3 is 0 Å². The van der Waals surface area contributed by atoms with Crippen molar-refractivity contribution in [3.05, 3.63) is 12.7 Å². The van der Waals surface area contributed by atoms with Gasteiger partial charge in [-0.1, -0.05) is 12.5 Å². The molecule has 0 radical (unpaired) electrons. The van der Waals surface area contributed by atoms with E-state index >= 15 is 0 Å². The molecule has 2 saturated heterocycles. The predicted octanol–water partition coefficient (Wildman–Crippen LogP) is 3.04. The highest BCUT2D eigenvalue weighted by molar-refractivity contribution is 4.78. The molecule has 2 heterocycles. The van der Waals surface area contributed by atoms with E-state index in [2.05, 4.69) is 6.58 Å². The van der Waals surface area contributed by atoms with Gasteiger partial charge in [0.25, 0.3) is 0 Å². The van der Waals surface area contributed by atoms with Crippen LogP contribution in [-0.2, 0) is 14.2 Å². The topological polar surface area (TPSA) is 27.7 Å². The summed E-state index contributed by atoms with van der Waals surface area (Å²) in [6.45, 7) is 5.30. The lowest BCUT2D eigenvalue weighted by molar-refractivity contribution is -0.274. The minimum Gasteiger partial charge on any atom is -0.373 e. The maximum absolute atomic E-state index is 5.93. The average molecular weight is 240 g/mol. The van der Waals surface area contributed by atoms with Gasteiger partial charge in [-0.3, -0.25) is 0 Å². The molecule has 98 valence electrons. The van der Waals surface area contributed by atoms with Crippen LogP contribution in [0.3, 0.4) is 0 Å². The predicted molar refractivity (Wildman–Crippen MR) is 66.9 cm³/mol. The van der Waals surface area contributed by atoms with E-state index in [1.165, 1.54) is 19.3 Å². The van der Waals surface area contributed by atoms with E-state index in [1.807, 2.05) is 6.08 Å². The Labute approximate surface area is 104 Å². The first-order valence-corrected chi connectivity index (χ1v) is 6.89. The summed E-state index contributed by atoms with van der Waals surface area (Å²) in [5.74, 6) is 0. The minimum absolute atomic E-state index is 0.00156. The van der Waals surface area contributed by atoms with E-state index in [4.69, 9.17) is 14.2 Å². The van der Waals surface area contributed by atoms with Crippen molar-refractivity contribution in [2.24, 2.45) is 0 Å². The van der Waals surface area contributed by atoms with Crippen molar-refractivity contribution in [2.45, 2.75) is 63.4 Å². The molecule has 0 aromatic rings. The van der Waals surface area contributed by atoms with Crippen molar-refractivity contribution < 1.29 is 14.2 Å². The fourth-order valence-corrected chi connectivity index (χ4v) is 2.49. The normalized spacial score (nSPS) is 33.1. The number of fused-ring (bicyclic) bond motifs is 1. The maximum atomic E-state index is 5.93. The fourth-order valence-electron chi connectivity index (χ4n) is 2.49. The molecule has 2 fully saturated rings. The lowest BCUT2D eigenvalue weighted by Gasteiger charge is -2.39. The van der Waals surface area contributed by atoms with Gasteiger partial charge in [0.15, 0.2) is 6.29 Å². The van der Waals surface area contributed by atoms with Crippen molar-refractivity contribution in [1.82, 2.24) is 0 Å². The van der Waals surface area contributed by atoms with Crippen LogP contribution in [0.5, 0.6) is 0 Å². The zero-order chi connectivity index (χ0) is 11.9. The summed E-state index contributed by atoms with van der Waals surface area (Å²) in [7, 11) is 0. The van der Waals surface area contributed by atoms with E-state index in [0.717, 1.165) is 32.3 Å². The van der Waals surface area contributed by atoms with Gasteiger partial charge < -0.3 is 14.2 Å². The third-order valence-electron chi connectivity index (χ3n) is 3.50. The van der Waals surface area contributed by atoms with E-state index in [0.29, 0.717) is 6.61 Å². The standard InChI is InChI=1S/C14H24O3/c1-2-3-4-5-6-9-14-16-11-13-12(17-14)8-7-10-15-13/h2,12-14H,1,3-11H2/t12-,13+,14+/m0/s1. The number of hydrogen-bond donors (Lipinski definition) is 0. The molecule has 3 nitrogen and oxygen atoms in total. The summed E-state index contributed by atoms with van der Waals surface area (Å²) in [6, 6.07) is 0. The van der Waals surface area contributed by atoms with E-state index < -0.39 is 0 Å². The highest BCUT2D eigenvalue weighted by Gasteiger charge is 2.34. The van der Waals surface area contributed by atoms with Crippen LogP contribution < -0.4 is 0 Å². The molecule has 2 aliphatic rings. The molecule has 0 saturated carbocycles. The highest BCUT2D eigenvalue weighted by Crippen LogP contribution is 2.26. The Balaban J connectivity index is 1.60. The van der Waals surface area contributed by atoms with Gasteiger partial charge in [0.2, 0.25) is 0 Å².